The van der Waals surface area contributed by atoms with E-state index in [2.05, 4.69) is 5.32 Å². The Balaban J connectivity index is 2.31. The molecule has 134 valence electrons. The molecule has 0 fully saturated rings. The third-order valence-electron chi connectivity index (χ3n) is 3.51. The minimum absolute atomic E-state index is 0.0634. The molecule has 1 amide bonds. The van der Waals surface area contributed by atoms with Crippen molar-refractivity contribution in [2.45, 2.75) is 18.4 Å². The van der Waals surface area contributed by atoms with Crippen LogP contribution in [0.3, 0.4) is 0 Å². The molecule has 0 aliphatic carbocycles. The van der Waals surface area contributed by atoms with Gasteiger partial charge in [-0.3, -0.25) is 4.79 Å². The second-order valence-electron chi connectivity index (χ2n) is 5.43. The summed E-state index contributed by atoms with van der Waals surface area (Å²) < 4.78 is 32.0. The number of nitrogens with zero attached hydrogens (tertiary/aromatic N) is 1. The molecule has 0 unspecified atom stereocenters. The number of ether oxygens (including phenoxy) is 1. The highest BCUT2D eigenvalue weighted by Crippen LogP contribution is 2.29. The first-order valence-electron chi connectivity index (χ1n) is 7.40. The molecule has 2 rings (SSSR count). The van der Waals surface area contributed by atoms with Crippen LogP contribution in [0.1, 0.15) is 12.5 Å². The van der Waals surface area contributed by atoms with E-state index in [0.717, 1.165) is 5.56 Å². The Hall–Kier alpha value is -2.09. The zero-order chi connectivity index (χ0) is 18.6. The van der Waals surface area contributed by atoms with E-state index >= 15 is 0 Å². The smallest absolute Gasteiger partial charge is 0.243 e. The molecular weight excluding hydrogens is 364 g/mol. The number of nitrogens with one attached hydrogen (secondary N) is 1. The van der Waals surface area contributed by atoms with E-state index in [1.165, 1.54) is 43.6 Å². The van der Waals surface area contributed by atoms with Gasteiger partial charge in [0.15, 0.2) is 0 Å². The molecule has 6 nitrogen and oxygen atoms in total. The van der Waals surface area contributed by atoms with Gasteiger partial charge in [-0.25, -0.2) is 8.42 Å². The topological polar surface area (TPSA) is 75.7 Å². The molecule has 2 aromatic carbocycles. The van der Waals surface area contributed by atoms with Crippen LogP contribution < -0.4 is 10.1 Å². The predicted molar refractivity (Wildman–Crippen MR) is 97.4 cm³/mol. The normalized spacial score (nSPS) is 11.4. The Labute approximate surface area is 152 Å². The van der Waals surface area contributed by atoms with Gasteiger partial charge in [-0.1, -0.05) is 23.7 Å². The average Bonchev–Trinajstić information content (AvgIpc) is 2.56. The van der Waals surface area contributed by atoms with Crippen LogP contribution in [0.5, 0.6) is 5.75 Å². The van der Waals surface area contributed by atoms with Gasteiger partial charge in [0.25, 0.3) is 0 Å². The molecule has 0 radical (unpaired) electrons. The van der Waals surface area contributed by atoms with Gasteiger partial charge in [0.2, 0.25) is 15.9 Å². The number of carbonyl (C=O) groups excluding carboxylic acids is 1. The number of methoxy groups -OCH3 is 1. The molecule has 25 heavy (non-hydrogen) atoms. The monoisotopic (exact) mass is 382 g/mol. The number of hydrogen-bond donors (Lipinski definition) is 1. The van der Waals surface area contributed by atoms with Crippen LogP contribution in [0.4, 0.5) is 5.69 Å². The Bertz CT molecular complexity index is 867. The number of amides is 1. The van der Waals surface area contributed by atoms with Gasteiger partial charge in [0.05, 0.1) is 17.7 Å². The van der Waals surface area contributed by atoms with Crippen LogP contribution in [-0.2, 0) is 21.4 Å². The predicted octanol–water partition coefficient (Wildman–Crippen LogP) is 3.13. The molecule has 0 aliphatic heterocycles. The number of sulfonamides is 1. The summed E-state index contributed by atoms with van der Waals surface area (Å²) >= 11 is 5.84. The molecule has 0 saturated carbocycles. The number of rotatable bonds is 6. The molecule has 0 bridgehead atoms. The standard InChI is InChI=1S/C17H19ClN2O4S/c1-12(21)19-16-10-15(8-9-17(16)24-3)25(22,23)20(2)11-13-4-6-14(18)7-5-13/h4-10H,11H2,1-3H3,(H,19,21). The Morgan fingerprint density at radius 3 is 2.40 bits per heavy atom. The highest BCUT2D eigenvalue weighted by molar-refractivity contribution is 7.89. The van der Waals surface area contributed by atoms with Crippen molar-refractivity contribution in [3.63, 3.8) is 0 Å². The highest BCUT2D eigenvalue weighted by Gasteiger charge is 2.22. The molecule has 2 aromatic rings. The lowest BCUT2D eigenvalue weighted by Crippen LogP contribution is -2.26. The lowest BCUT2D eigenvalue weighted by Gasteiger charge is -2.18. The minimum atomic E-state index is -3.74. The number of hydrogen-bond acceptors (Lipinski definition) is 4. The van der Waals surface area contributed by atoms with Gasteiger partial charge in [0.1, 0.15) is 5.75 Å². The highest BCUT2D eigenvalue weighted by atomic mass is 35.5. The zero-order valence-electron chi connectivity index (χ0n) is 14.1. The maximum absolute atomic E-state index is 12.8. The van der Waals surface area contributed by atoms with E-state index in [0.29, 0.717) is 16.5 Å². The number of anilines is 1. The van der Waals surface area contributed by atoms with Crippen LogP contribution in [-0.4, -0.2) is 32.8 Å². The molecule has 1 N–H and O–H groups in total. The molecule has 8 heteroatoms. The van der Waals surface area contributed by atoms with Crippen molar-refractivity contribution in [2.75, 3.05) is 19.5 Å². The fourth-order valence-electron chi connectivity index (χ4n) is 2.25. The van der Waals surface area contributed by atoms with Crippen molar-refractivity contribution in [1.82, 2.24) is 4.31 Å². The summed E-state index contributed by atoms with van der Waals surface area (Å²) in [6.45, 7) is 1.54. The van der Waals surface area contributed by atoms with Gasteiger partial charge >= 0.3 is 0 Å². The first-order chi connectivity index (χ1) is 11.7. The first-order valence-corrected chi connectivity index (χ1v) is 9.22. The van der Waals surface area contributed by atoms with Crippen LogP contribution >= 0.6 is 11.6 Å². The summed E-state index contributed by atoms with van der Waals surface area (Å²) in [6, 6.07) is 11.3. The van der Waals surface area contributed by atoms with Crippen molar-refractivity contribution >= 4 is 33.2 Å². The van der Waals surface area contributed by atoms with Crippen LogP contribution in [0.25, 0.3) is 0 Å². The van der Waals surface area contributed by atoms with Gasteiger partial charge in [-0.05, 0) is 35.9 Å². The molecule has 0 heterocycles. The van der Waals surface area contributed by atoms with E-state index in [1.54, 1.807) is 24.3 Å². The first kappa shape index (κ1) is 19.2. The van der Waals surface area contributed by atoms with E-state index in [1.807, 2.05) is 0 Å². The van der Waals surface area contributed by atoms with Crippen molar-refractivity contribution < 1.29 is 17.9 Å². The van der Waals surface area contributed by atoms with Gasteiger partial charge in [-0.2, -0.15) is 4.31 Å². The summed E-state index contributed by atoms with van der Waals surface area (Å²) in [6.07, 6.45) is 0. The fraction of sp³-hybridized carbons (Fsp3) is 0.235. The second kappa shape index (κ2) is 7.86. The minimum Gasteiger partial charge on any atom is -0.495 e. The summed E-state index contributed by atoms with van der Waals surface area (Å²) in [4.78, 5) is 11.4. The van der Waals surface area contributed by atoms with E-state index < -0.39 is 10.0 Å². The molecule has 0 atom stereocenters. The van der Waals surface area contributed by atoms with Crippen molar-refractivity contribution in [3.8, 4) is 5.75 Å². The summed E-state index contributed by atoms with van der Waals surface area (Å²) in [5, 5.41) is 3.16. The van der Waals surface area contributed by atoms with E-state index in [-0.39, 0.29) is 17.3 Å². The number of benzene rings is 2. The SMILES string of the molecule is COc1ccc(S(=O)(=O)N(C)Cc2ccc(Cl)cc2)cc1NC(C)=O. The van der Waals surface area contributed by atoms with Crippen LogP contribution in [0.2, 0.25) is 5.02 Å². The van der Waals surface area contributed by atoms with Crippen molar-refractivity contribution in [2.24, 2.45) is 0 Å². The quantitative estimate of drug-likeness (QED) is 0.832. The third-order valence-corrected chi connectivity index (χ3v) is 5.56. The number of carbonyl (C=O) groups is 1. The maximum atomic E-state index is 12.8. The lowest BCUT2D eigenvalue weighted by molar-refractivity contribution is -0.114. The summed E-state index contributed by atoms with van der Waals surface area (Å²) in [5.74, 6) is 0.0665. The largest absolute Gasteiger partial charge is 0.495 e. The summed E-state index contributed by atoms with van der Waals surface area (Å²) in [5.41, 5.74) is 1.11. The van der Waals surface area contributed by atoms with E-state index in [4.69, 9.17) is 16.3 Å². The van der Waals surface area contributed by atoms with Gasteiger partial charge < -0.3 is 10.1 Å². The lowest BCUT2D eigenvalue weighted by atomic mass is 10.2. The average molecular weight is 383 g/mol. The van der Waals surface area contributed by atoms with Crippen LogP contribution in [0.15, 0.2) is 47.4 Å². The van der Waals surface area contributed by atoms with Crippen LogP contribution in [0, 0.1) is 0 Å². The molecular formula is C17H19ClN2O4S. The Morgan fingerprint density at radius 2 is 1.84 bits per heavy atom. The molecule has 0 aliphatic rings. The van der Waals surface area contributed by atoms with Gasteiger partial charge in [0, 0.05) is 25.5 Å². The Morgan fingerprint density at radius 1 is 1.20 bits per heavy atom. The zero-order valence-corrected chi connectivity index (χ0v) is 15.7. The van der Waals surface area contributed by atoms with Crippen molar-refractivity contribution in [1.29, 1.82) is 0 Å². The number of halogens is 1. The molecule has 0 saturated heterocycles. The Kier molecular flexibility index (Phi) is 6.05. The van der Waals surface area contributed by atoms with E-state index in [9.17, 15) is 13.2 Å². The van der Waals surface area contributed by atoms with Crippen molar-refractivity contribution in [3.05, 3.63) is 53.1 Å². The molecule has 0 spiro atoms. The molecule has 0 aromatic heterocycles. The third kappa shape index (κ3) is 4.72. The second-order valence-corrected chi connectivity index (χ2v) is 7.91. The van der Waals surface area contributed by atoms with Gasteiger partial charge in [-0.15, -0.1) is 0 Å². The fourth-order valence-corrected chi connectivity index (χ4v) is 3.56. The summed E-state index contributed by atoms with van der Waals surface area (Å²) in [7, 11) is -0.799. The maximum Gasteiger partial charge on any atom is 0.243 e.